The molecule has 4 aromatic rings. The van der Waals surface area contributed by atoms with Gasteiger partial charge in [-0.2, -0.15) is 17.5 Å². The number of carbonyl (C=O) groups is 3. The number of amides is 3. The molecule has 0 aliphatic rings. The van der Waals surface area contributed by atoms with E-state index in [1.807, 2.05) is 5.32 Å². The van der Waals surface area contributed by atoms with E-state index in [1.54, 1.807) is 60.7 Å². The van der Waals surface area contributed by atoms with Gasteiger partial charge in [0.15, 0.2) is 6.04 Å². The standard InChI is InChI=1S/C34H35F3N4O7S2/c1-20(2)41(50(47,48)24-15-13-23(14-16-24)31(38)43)25(19-42)26-17-18-27(49-26)30(34(35,36)37)40-32(44)29(39-33(45)46)28(21-9-5-3-6-10-21)22-11-7-4-8-12-22/h3-18,20,25,28-30,39,42H,19H2,1-2H3,(H2,38,43)(H,40,44)(H,45,46)/t25-,29+,30?/m1/s1. The highest BCUT2D eigenvalue weighted by Gasteiger charge is 2.46. The molecule has 6 N–H and O–H groups in total. The fraction of sp³-hybridized carbons (Fsp3) is 0.265. The molecule has 1 unspecified atom stereocenters. The Morgan fingerprint density at radius 1 is 0.840 bits per heavy atom. The Morgan fingerprint density at radius 3 is 1.80 bits per heavy atom. The molecule has 3 atom stereocenters. The van der Waals surface area contributed by atoms with Crippen molar-refractivity contribution in [2.45, 2.75) is 55.0 Å². The first-order chi connectivity index (χ1) is 23.6. The molecular formula is C34H35F3N4O7S2. The number of primary amides is 1. The monoisotopic (exact) mass is 732 g/mol. The molecule has 3 amide bonds. The van der Waals surface area contributed by atoms with E-state index < -0.39 is 75.7 Å². The van der Waals surface area contributed by atoms with Crippen molar-refractivity contribution in [3.05, 3.63) is 124 Å². The van der Waals surface area contributed by atoms with E-state index in [1.165, 1.54) is 32.0 Å². The number of hydrogen-bond acceptors (Lipinski definition) is 7. The average molecular weight is 733 g/mol. The van der Waals surface area contributed by atoms with Gasteiger partial charge in [0.2, 0.25) is 21.8 Å². The van der Waals surface area contributed by atoms with E-state index in [0.717, 1.165) is 22.5 Å². The molecule has 0 aliphatic carbocycles. The summed E-state index contributed by atoms with van der Waals surface area (Å²) >= 11 is 0.534. The van der Waals surface area contributed by atoms with Crippen molar-refractivity contribution < 1.29 is 46.2 Å². The summed E-state index contributed by atoms with van der Waals surface area (Å²) in [6.07, 6.45) is -6.70. The second-order valence-electron chi connectivity index (χ2n) is 11.5. The minimum absolute atomic E-state index is 0.0451. The zero-order chi connectivity index (χ0) is 36.8. The predicted octanol–water partition coefficient (Wildman–Crippen LogP) is 5.17. The summed E-state index contributed by atoms with van der Waals surface area (Å²) in [7, 11) is -4.37. The molecule has 0 bridgehead atoms. The second-order valence-corrected chi connectivity index (χ2v) is 14.5. The van der Waals surface area contributed by atoms with Crippen molar-refractivity contribution in [1.82, 2.24) is 14.9 Å². The van der Waals surface area contributed by atoms with Crippen molar-refractivity contribution in [3.63, 3.8) is 0 Å². The number of aliphatic hydroxyl groups is 1. The van der Waals surface area contributed by atoms with E-state index in [9.17, 15) is 46.2 Å². The highest BCUT2D eigenvalue weighted by Crippen LogP contribution is 2.41. The molecule has 0 spiro atoms. The first-order valence-electron chi connectivity index (χ1n) is 15.2. The number of hydrogen-bond donors (Lipinski definition) is 5. The van der Waals surface area contributed by atoms with E-state index in [4.69, 9.17) is 5.73 Å². The van der Waals surface area contributed by atoms with Crippen LogP contribution in [0.2, 0.25) is 0 Å². The van der Waals surface area contributed by atoms with Crippen LogP contribution in [-0.4, -0.2) is 65.7 Å². The lowest BCUT2D eigenvalue weighted by atomic mass is 9.84. The van der Waals surface area contributed by atoms with Crippen LogP contribution in [0.15, 0.2) is 102 Å². The Kier molecular flexibility index (Phi) is 12.1. The zero-order valence-corrected chi connectivity index (χ0v) is 28.4. The molecule has 16 heteroatoms. The Hall–Kier alpha value is -4.77. The van der Waals surface area contributed by atoms with Gasteiger partial charge in [0, 0.05) is 27.3 Å². The topological polar surface area (TPSA) is 179 Å². The van der Waals surface area contributed by atoms with Crippen LogP contribution in [0.3, 0.4) is 0 Å². The van der Waals surface area contributed by atoms with Crippen LogP contribution in [0.4, 0.5) is 18.0 Å². The predicted molar refractivity (Wildman–Crippen MR) is 180 cm³/mol. The highest BCUT2D eigenvalue weighted by molar-refractivity contribution is 7.89. The Morgan fingerprint density at radius 2 is 1.36 bits per heavy atom. The molecule has 11 nitrogen and oxygen atoms in total. The fourth-order valence-corrected chi connectivity index (χ4v) is 8.63. The van der Waals surface area contributed by atoms with Gasteiger partial charge in [-0.05, 0) is 61.4 Å². The number of nitrogens with one attached hydrogen (secondary N) is 2. The molecule has 4 rings (SSSR count). The normalized spacial score (nSPS) is 13.9. The van der Waals surface area contributed by atoms with Crippen LogP contribution < -0.4 is 16.4 Å². The zero-order valence-electron chi connectivity index (χ0n) is 26.7. The molecule has 266 valence electrons. The van der Waals surface area contributed by atoms with Crippen LogP contribution in [0.5, 0.6) is 0 Å². The molecule has 0 radical (unpaired) electrons. The molecule has 0 aliphatic heterocycles. The second kappa shape index (κ2) is 15.8. The van der Waals surface area contributed by atoms with Crippen LogP contribution in [0.1, 0.15) is 63.1 Å². The quantitative estimate of drug-likeness (QED) is 0.119. The van der Waals surface area contributed by atoms with Crippen molar-refractivity contribution in [1.29, 1.82) is 0 Å². The lowest BCUT2D eigenvalue weighted by Gasteiger charge is -2.32. The van der Waals surface area contributed by atoms with Gasteiger partial charge in [-0.15, -0.1) is 11.3 Å². The molecule has 0 saturated heterocycles. The molecule has 0 fully saturated rings. The van der Waals surface area contributed by atoms with E-state index in [0.29, 0.717) is 22.5 Å². The third kappa shape index (κ3) is 8.68. The first kappa shape index (κ1) is 38.0. The van der Waals surface area contributed by atoms with Gasteiger partial charge < -0.3 is 26.6 Å². The number of carboxylic acid groups (broad SMARTS) is 1. The van der Waals surface area contributed by atoms with Gasteiger partial charge >= 0.3 is 12.3 Å². The van der Waals surface area contributed by atoms with E-state index in [-0.39, 0.29) is 15.3 Å². The number of rotatable bonds is 14. The number of nitrogens with zero attached hydrogens (tertiary/aromatic N) is 1. The van der Waals surface area contributed by atoms with Gasteiger partial charge in [-0.3, -0.25) is 9.59 Å². The van der Waals surface area contributed by atoms with Crippen molar-refractivity contribution in [2.75, 3.05) is 6.61 Å². The maximum absolute atomic E-state index is 14.7. The number of alkyl halides is 3. The van der Waals surface area contributed by atoms with Crippen LogP contribution >= 0.6 is 11.3 Å². The number of halogens is 3. The van der Waals surface area contributed by atoms with Crippen molar-refractivity contribution >= 4 is 39.3 Å². The summed E-state index contributed by atoms with van der Waals surface area (Å²) in [6.45, 7) is 2.24. The Bertz CT molecular complexity index is 1850. The molecule has 3 aromatic carbocycles. The smallest absolute Gasteiger partial charge is 0.413 e. The van der Waals surface area contributed by atoms with Gasteiger partial charge in [-0.1, -0.05) is 60.7 Å². The maximum atomic E-state index is 14.7. The molecule has 1 aromatic heterocycles. The average Bonchev–Trinajstić information content (AvgIpc) is 3.55. The minimum atomic E-state index is -5.07. The van der Waals surface area contributed by atoms with Gasteiger partial charge in [0.1, 0.15) is 6.04 Å². The van der Waals surface area contributed by atoms with Crippen LogP contribution in [-0.2, 0) is 14.8 Å². The number of sulfonamides is 1. The van der Waals surface area contributed by atoms with Crippen molar-refractivity contribution in [2.24, 2.45) is 5.73 Å². The number of thiophene rings is 1. The Balaban J connectivity index is 1.71. The summed E-state index contributed by atoms with van der Waals surface area (Å²) in [5, 5.41) is 24.1. The number of benzene rings is 3. The first-order valence-corrected chi connectivity index (χ1v) is 17.4. The van der Waals surface area contributed by atoms with Gasteiger partial charge in [0.05, 0.1) is 17.5 Å². The molecule has 50 heavy (non-hydrogen) atoms. The molecular weight excluding hydrogens is 698 g/mol. The highest BCUT2D eigenvalue weighted by atomic mass is 32.2. The van der Waals surface area contributed by atoms with Crippen LogP contribution in [0, 0.1) is 0 Å². The summed E-state index contributed by atoms with van der Waals surface area (Å²) in [6, 6.07) is 17.1. The summed E-state index contributed by atoms with van der Waals surface area (Å²) in [4.78, 5) is 36.5. The molecule has 0 saturated carbocycles. The minimum Gasteiger partial charge on any atom is -0.465 e. The third-order valence-corrected chi connectivity index (χ3v) is 11.1. The summed E-state index contributed by atoms with van der Waals surface area (Å²) in [5.74, 6) is -3.05. The maximum Gasteiger partial charge on any atom is 0.413 e. The number of nitrogens with two attached hydrogens (primary N) is 1. The van der Waals surface area contributed by atoms with Gasteiger partial charge in [0.25, 0.3) is 0 Å². The van der Waals surface area contributed by atoms with E-state index >= 15 is 0 Å². The lowest BCUT2D eigenvalue weighted by Crippen LogP contribution is -2.52. The third-order valence-electron chi connectivity index (χ3n) is 7.79. The van der Waals surface area contributed by atoms with E-state index in [2.05, 4.69) is 5.32 Å². The van der Waals surface area contributed by atoms with Gasteiger partial charge in [-0.25, -0.2) is 13.2 Å². The van der Waals surface area contributed by atoms with Crippen LogP contribution in [0.25, 0.3) is 0 Å². The van der Waals surface area contributed by atoms with Crippen molar-refractivity contribution in [3.8, 4) is 0 Å². The largest absolute Gasteiger partial charge is 0.465 e. The summed E-state index contributed by atoms with van der Waals surface area (Å²) < 4.78 is 72.5. The lowest BCUT2D eigenvalue weighted by molar-refractivity contribution is -0.163. The summed E-state index contributed by atoms with van der Waals surface area (Å²) in [5.41, 5.74) is 6.25. The number of carbonyl (C=O) groups excluding carboxylic acids is 2. The number of aliphatic hydroxyl groups excluding tert-OH is 1. The molecule has 1 heterocycles. The Labute approximate surface area is 290 Å². The fourth-order valence-electron chi connectivity index (χ4n) is 5.59. The SMILES string of the molecule is CC(C)N([C@H](CO)c1ccc(C(NC(=O)[C@@H](NC(=O)O)C(c2ccccc2)c2ccccc2)C(F)(F)F)s1)S(=O)(=O)c1ccc(C(N)=O)cc1.